The lowest BCUT2D eigenvalue weighted by molar-refractivity contribution is -0.0255. The highest BCUT2D eigenvalue weighted by Crippen LogP contribution is 2.36. The van der Waals surface area contributed by atoms with Crippen molar-refractivity contribution in [1.82, 2.24) is 10.2 Å². The molecule has 0 radical (unpaired) electrons. The number of aliphatic hydroxyl groups is 1. The lowest BCUT2D eigenvalue weighted by Crippen LogP contribution is -2.68. The number of piperidine rings is 3. The van der Waals surface area contributed by atoms with Gasteiger partial charge in [0.1, 0.15) is 0 Å². The number of hydrogen-bond donors (Lipinski definition) is 2. The van der Waals surface area contributed by atoms with Crippen LogP contribution in [0.5, 0.6) is 0 Å². The van der Waals surface area contributed by atoms with Crippen molar-refractivity contribution >= 4 is 0 Å². The van der Waals surface area contributed by atoms with Crippen molar-refractivity contribution in [2.45, 2.75) is 31.2 Å². The maximum absolute atomic E-state index is 9.71. The van der Waals surface area contributed by atoms with E-state index in [1.165, 1.54) is 38.8 Å². The number of rotatable bonds is 4. The van der Waals surface area contributed by atoms with E-state index in [0.29, 0.717) is 12.5 Å². The van der Waals surface area contributed by atoms with Crippen molar-refractivity contribution in [3.05, 3.63) is 0 Å². The van der Waals surface area contributed by atoms with Crippen molar-refractivity contribution in [1.29, 1.82) is 0 Å². The smallest absolute Gasteiger partial charge is 0.0628 e. The molecule has 3 aliphatic heterocycles. The van der Waals surface area contributed by atoms with Crippen LogP contribution in [0, 0.1) is 11.8 Å². The molecule has 4 aliphatic rings. The van der Waals surface area contributed by atoms with Crippen LogP contribution in [0.4, 0.5) is 0 Å². The highest BCUT2D eigenvalue weighted by Gasteiger charge is 2.46. The number of nitrogens with one attached hydrogen (secondary N) is 1. The third-order valence-electron chi connectivity index (χ3n) is 4.60. The van der Waals surface area contributed by atoms with Crippen molar-refractivity contribution in [2.75, 3.05) is 32.8 Å². The normalized spacial score (nSPS) is 44.6. The molecule has 86 valence electrons. The summed E-state index contributed by atoms with van der Waals surface area (Å²) in [6, 6.07) is 0. The molecule has 0 spiro atoms. The molecular weight excluding hydrogens is 188 g/mol. The number of aliphatic hydroxyl groups excluding tert-OH is 1. The molecule has 3 saturated heterocycles. The Morgan fingerprint density at radius 1 is 1.20 bits per heavy atom. The molecule has 1 atom stereocenters. The highest BCUT2D eigenvalue weighted by atomic mass is 16.3. The van der Waals surface area contributed by atoms with Gasteiger partial charge in [-0.1, -0.05) is 0 Å². The summed E-state index contributed by atoms with van der Waals surface area (Å²) in [7, 11) is 0. The van der Waals surface area contributed by atoms with Gasteiger partial charge in [-0.15, -0.1) is 0 Å². The maximum atomic E-state index is 9.71. The zero-order chi connectivity index (χ0) is 10.3. The van der Waals surface area contributed by atoms with E-state index in [9.17, 15) is 5.11 Å². The predicted octanol–water partition coefficient (Wildman–Crippen LogP) is 0.443. The van der Waals surface area contributed by atoms with Gasteiger partial charge in [-0.05, 0) is 57.2 Å². The molecule has 4 rings (SSSR count). The summed E-state index contributed by atoms with van der Waals surface area (Å²) >= 11 is 0. The first-order valence-corrected chi connectivity index (χ1v) is 6.41. The van der Waals surface area contributed by atoms with E-state index in [1.54, 1.807) is 0 Å². The Kier molecular flexibility index (Phi) is 2.49. The minimum Gasteiger partial charge on any atom is -0.394 e. The second kappa shape index (κ2) is 3.72. The van der Waals surface area contributed by atoms with Crippen molar-refractivity contribution in [3.8, 4) is 0 Å². The van der Waals surface area contributed by atoms with Crippen LogP contribution in [0.3, 0.4) is 0 Å². The van der Waals surface area contributed by atoms with Crippen molar-refractivity contribution in [3.63, 3.8) is 0 Å². The summed E-state index contributed by atoms with van der Waals surface area (Å²) in [5.41, 5.74) is 0.0408. The molecule has 1 saturated carbocycles. The largest absolute Gasteiger partial charge is 0.394 e. The average Bonchev–Trinajstić information content (AvgIpc) is 3.12. The molecule has 3 heteroatoms. The van der Waals surface area contributed by atoms with E-state index in [2.05, 4.69) is 10.2 Å². The topological polar surface area (TPSA) is 35.5 Å². The lowest BCUT2D eigenvalue weighted by Gasteiger charge is -2.53. The SMILES string of the molecule is OCC1(NCC2CC2)CN2CCC1CC2. The molecule has 3 nitrogen and oxygen atoms in total. The van der Waals surface area contributed by atoms with Crippen LogP contribution < -0.4 is 5.32 Å². The Labute approximate surface area is 91.8 Å². The van der Waals surface area contributed by atoms with Gasteiger partial charge in [-0.25, -0.2) is 0 Å². The standard InChI is InChI=1S/C12H22N2O/c15-9-12(13-7-10-1-2-10)8-14-5-3-11(12)4-6-14/h10-11,13,15H,1-9H2. The molecule has 2 bridgehead atoms. The Bertz CT molecular complexity index is 234. The van der Waals surface area contributed by atoms with Gasteiger partial charge in [0.15, 0.2) is 0 Å². The Morgan fingerprint density at radius 2 is 1.93 bits per heavy atom. The van der Waals surface area contributed by atoms with Crippen LogP contribution in [0.2, 0.25) is 0 Å². The maximum Gasteiger partial charge on any atom is 0.0628 e. The Morgan fingerprint density at radius 3 is 2.40 bits per heavy atom. The zero-order valence-electron chi connectivity index (χ0n) is 9.41. The second-order valence-electron chi connectivity index (χ2n) is 5.69. The zero-order valence-corrected chi connectivity index (χ0v) is 9.41. The van der Waals surface area contributed by atoms with E-state index >= 15 is 0 Å². The van der Waals surface area contributed by atoms with Gasteiger partial charge < -0.3 is 15.3 Å². The first kappa shape index (κ1) is 10.1. The van der Waals surface area contributed by atoms with Gasteiger partial charge in [0.05, 0.1) is 12.1 Å². The molecule has 0 aromatic heterocycles. The van der Waals surface area contributed by atoms with Crippen LogP contribution in [0.1, 0.15) is 25.7 Å². The fraction of sp³-hybridized carbons (Fsp3) is 1.00. The first-order chi connectivity index (χ1) is 7.32. The molecule has 3 heterocycles. The van der Waals surface area contributed by atoms with Crippen molar-refractivity contribution in [2.24, 2.45) is 11.8 Å². The van der Waals surface area contributed by atoms with E-state index in [-0.39, 0.29) is 5.54 Å². The fourth-order valence-corrected chi connectivity index (χ4v) is 3.28. The van der Waals surface area contributed by atoms with Crippen LogP contribution in [-0.2, 0) is 0 Å². The third-order valence-corrected chi connectivity index (χ3v) is 4.60. The second-order valence-corrected chi connectivity index (χ2v) is 5.69. The average molecular weight is 210 g/mol. The molecule has 1 unspecified atom stereocenters. The molecule has 1 aliphatic carbocycles. The fourth-order valence-electron chi connectivity index (χ4n) is 3.28. The first-order valence-electron chi connectivity index (χ1n) is 6.41. The number of nitrogens with zero attached hydrogens (tertiary/aromatic N) is 1. The van der Waals surface area contributed by atoms with E-state index in [0.717, 1.165) is 19.0 Å². The summed E-state index contributed by atoms with van der Waals surface area (Å²) in [5, 5.41) is 13.4. The lowest BCUT2D eigenvalue weighted by atomic mass is 9.73. The molecule has 0 amide bonds. The van der Waals surface area contributed by atoms with Gasteiger partial charge >= 0.3 is 0 Å². The van der Waals surface area contributed by atoms with Gasteiger partial charge in [0.25, 0.3) is 0 Å². The van der Waals surface area contributed by atoms with Crippen LogP contribution in [0.15, 0.2) is 0 Å². The summed E-state index contributed by atoms with van der Waals surface area (Å²) in [4.78, 5) is 2.51. The minimum absolute atomic E-state index is 0.0408. The number of hydrogen-bond acceptors (Lipinski definition) is 3. The van der Waals surface area contributed by atoms with Crippen LogP contribution in [-0.4, -0.2) is 48.3 Å². The molecule has 4 fully saturated rings. The summed E-state index contributed by atoms with van der Waals surface area (Å²) < 4.78 is 0. The molecule has 15 heavy (non-hydrogen) atoms. The molecule has 0 aromatic carbocycles. The van der Waals surface area contributed by atoms with E-state index < -0.39 is 0 Å². The Hall–Kier alpha value is -0.120. The quantitative estimate of drug-likeness (QED) is 0.707. The van der Waals surface area contributed by atoms with E-state index in [4.69, 9.17) is 0 Å². The van der Waals surface area contributed by atoms with Crippen LogP contribution >= 0.6 is 0 Å². The molecular formula is C12H22N2O. The van der Waals surface area contributed by atoms with Crippen LogP contribution in [0.25, 0.3) is 0 Å². The van der Waals surface area contributed by atoms with E-state index in [1.807, 2.05) is 0 Å². The third kappa shape index (κ3) is 1.81. The van der Waals surface area contributed by atoms with Gasteiger partial charge in [-0.3, -0.25) is 0 Å². The Balaban J connectivity index is 1.67. The van der Waals surface area contributed by atoms with Crippen molar-refractivity contribution < 1.29 is 5.11 Å². The summed E-state index contributed by atoms with van der Waals surface area (Å²) in [6.45, 7) is 5.02. The predicted molar refractivity (Wildman–Crippen MR) is 59.7 cm³/mol. The number of fused-ring (bicyclic) bond motifs is 3. The molecule has 0 aromatic rings. The monoisotopic (exact) mass is 210 g/mol. The van der Waals surface area contributed by atoms with Gasteiger partial charge in [0.2, 0.25) is 0 Å². The van der Waals surface area contributed by atoms with Gasteiger partial charge in [0, 0.05) is 6.54 Å². The molecule has 2 N–H and O–H groups in total. The minimum atomic E-state index is 0.0408. The summed E-state index contributed by atoms with van der Waals surface area (Å²) in [6.07, 6.45) is 5.34. The van der Waals surface area contributed by atoms with Gasteiger partial charge in [-0.2, -0.15) is 0 Å². The highest BCUT2D eigenvalue weighted by molar-refractivity contribution is 5.04. The summed E-state index contributed by atoms with van der Waals surface area (Å²) in [5.74, 6) is 1.62.